The molecule has 19 heavy (non-hydrogen) atoms. The van der Waals surface area contributed by atoms with Gasteiger partial charge in [-0.05, 0) is 35.4 Å². The van der Waals surface area contributed by atoms with Crippen LogP contribution in [-0.4, -0.2) is 17.1 Å². The lowest BCUT2D eigenvalue weighted by atomic mass is 9.92. The van der Waals surface area contributed by atoms with E-state index in [1.807, 2.05) is 36.4 Å². The smallest absolute Gasteiger partial charge is 0.118 e. The van der Waals surface area contributed by atoms with Gasteiger partial charge in [-0.3, -0.25) is 0 Å². The van der Waals surface area contributed by atoms with Gasteiger partial charge in [-0.1, -0.05) is 24.3 Å². The Morgan fingerprint density at radius 3 is 1.79 bits per heavy atom. The second-order valence-corrected chi connectivity index (χ2v) is 5.34. The van der Waals surface area contributed by atoms with Gasteiger partial charge in [-0.2, -0.15) is 0 Å². The van der Waals surface area contributed by atoms with Gasteiger partial charge in [0.25, 0.3) is 0 Å². The first-order valence-corrected chi connectivity index (χ1v) is 6.70. The fraction of sp³-hybridized carbons (Fsp3) is 0.200. The Hall–Kier alpha value is -1.38. The van der Waals surface area contributed by atoms with E-state index in [0.717, 1.165) is 16.9 Å². The molecule has 0 aliphatic carbocycles. The van der Waals surface area contributed by atoms with E-state index in [2.05, 4.69) is 0 Å². The van der Waals surface area contributed by atoms with Crippen LogP contribution in [0.4, 0.5) is 0 Å². The molecule has 2 aromatic rings. The summed E-state index contributed by atoms with van der Waals surface area (Å²) in [5, 5.41) is 9.33. The first-order valence-electron chi connectivity index (χ1n) is 5.83. The molecule has 0 saturated carbocycles. The van der Waals surface area contributed by atoms with Gasteiger partial charge < -0.3 is 9.84 Å². The Morgan fingerprint density at radius 1 is 0.895 bits per heavy atom. The summed E-state index contributed by atoms with van der Waals surface area (Å²) in [6, 6.07) is 14.5. The average molecular weight is 297 g/mol. The van der Waals surface area contributed by atoms with E-state index in [-0.39, 0.29) is 11.7 Å². The Kier molecular flexibility index (Phi) is 4.56. The molecule has 0 radical (unpaired) electrons. The van der Waals surface area contributed by atoms with Crippen LogP contribution in [0.25, 0.3) is 0 Å². The second-order valence-electron chi connectivity index (χ2n) is 4.18. The lowest BCUT2D eigenvalue weighted by molar-refractivity contribution is 0.414. The number of aromatic hydroxyl groups is 1. The zero-order valence-electron chi connectivity index (χ0n) is 10.4. The zero-order chi connectivity index (χ0) is 13.8. The van der Waals surface area contributed by atoms with Crippen LogP contribution in [0.2, 0.25) is 0 Å². The molecule has 0 aliphatic rings. The molecule has 2 nitrogen and oxygen atoms in total. The number of hydrogen-bond acceptors (Lipinski definition) is 2. The van der Waals surface area contributed by atoms with Crippen LogP contribution < -0.4 is 4.74 Å². The Morgan fingerprint density at radius 2 is 1.37 bits per heavy atom. The Balaban J connectivity index is 2.36. The summed E-state index contributed by atoms with van der Waals surface area (Å²) >= 11 is 12.2. The summed E-state index contributed by atoms with van der Waals surface area (Å²) in [5.41, 5.74) is 1.96. The van der Waals surface area contributed by atoms with Crippen LogP contribution >= 0.6 is 23.2 Å². The van der Waals surface area contributed by atoms with Gasteiger partial charge in [0.1, 0.15) is 16.3 Å². The van der Waals surface area contributed by atoms with E-state index in [0.29, 0.717) is 0 Å². The van der Waals surface area contributed by atoms with Crippen molar-refractivity contribution in [1.82, 2.24) is 0 Å². The molecule has 0 aliphatic heterocycles. The molecule has 0 saturated heterocycles. The minimum absolute atomic E-state index is 0.144. The molecule has 0 bridgehead atoms. The number of halogens is 2. The molecule has 2 rings (SSSR count). The van der Waals surface area contributed by atoms with Gasteiger partial charge in [0, 0.05) is 5.92 Å². The molecular formula is C15H14Cl2O2. The lowest BCUT2D eigenvalue weighted by Gasteiger charge is -2.19. The predicted molar refractivity (Wildman–Crippen MR) is 78.4 cm³/mol. The maximum absolute atomic E-state index is 9.33. The van der Waals surface area contributed by atoms with Crippen LogP contribution in [0.1, 0.15) is 17.0 Å². The molecule has 0 spiro atoms. The van der Waals surface area contributed by atoms with Crippen molar-refractivity contribution in [2.24, 2.45) is 0 Å². The van der Waals surface area contributed by atoms with E-state index in [4.69, 9.17) is 27.9 Å². The summed E-state index contributed by atoms with van der Waals surface area (Å²) in [7, 11) is 1.62. The first kappa shape index (κ1) is 14.0. The summed E-state index contributed by atoms with van der Waals surface area (Å²) in [6.45, 7) is 0. The van der Waals surface area contributed by atoms with Crippen molar-refractivity contribution >= 4 is 23.2 Å². The summed E-state index contributed by atoms with van der Waals surface area (Å²) in [4.78, 5) is -0.571. The zero-order valence-corrected chi connectivity index (χ0v) is 11.9. The number of benzene rings is 2. The molecule has 2 aromatic carbocycles. The summed E-state index contributed by atoms with van der Waals surface area (Å²) in [5.74, 6) is 0.863. The van der Waals surface area contributed by atoms with E-state index in [1.165, 1.54) is 0 Å². The fourth-order valence-corrected chi connectivity index (χ4v) is 2.56. The third kappa shape index (κ3) is 3.34. The van der Waals surface area contributed by atoms with Crippen molar-refractivity contribution in [2.75, 3.05) is 7.11 Å². The number of phenolic OH excluding ortho intramolecular Hbond substituents is 1. The maximum atomic E-state index is 9.33. The second kappa shape index (κ2) is 6.18. The third-order valence-corrected chi connectivity index (χ3v) is 3.48. The standard InChI is InChI=1S/C15H14Cl2O2/c1-19-13-8-4-11(5-9-13)14(15(16)17)10-2-6-12(18)7-3-10/h2-9,14-15,18H,1H3/t14-/m0/s1. The van der Waals surface area contributed by atoms with Crippen molar-refractivity contribution in [3.63, 3.8) is 0 Å². The number of methoxy groups -OCH3 is 1. The number of rotatable bonds is 4. The molecule has 1 atom stereocenters. The van der Waals surface area contributed by atoms with Gasteiger partial charge in [-0.15, -0.1) is 23.2 Å². The van der Waals surface area contributed by atoms with Crippen molar-refractivity contribution < 1.29 is 9.84 Å². The minimum Gasteiger partial charge on any atom is -0.508 e. The van der Waals surface area contributed by atoms with Crippen molar-refractivity contribution in [2.45, 2.75) is 10.8 Å². The quantitative estimate of drug-likeness (QED) is 0.851. The minimum atomic E-state index is -0.571. The van der Waals surface area contributed by atoms with E-state index < -0.39 is 4.84 Å². The fourth-order valence-electron chi connectivity index (χ4n) is 1.98. The molecule has 0 heterocycles. The molecule has 4 heteroatoms. The highest BCUT2D eigenvalue weighted by atomic mass is 35.5. The van der Waals surface area contributed by atoms with E-state index in [9.17, 15) is 5.11 Å². The molecule has 0 amide bonds. The maximum Gasteiger partial charge on any atom is 0.118 e. The van der Waals surface area contributed by atoms with Crippen LogP contribution in [0.15, 0.2) is 48.5 Å². The third-order valence-electron chi connectivity index (χ3n) is 2.98. The highest BCUT2D eigenvalue weighted by molar-refractivity contribution is 6.45. The summed E-state index contributed by atoms with van der Waals surface area (Å²) in [6.07, 6.45) is 0. The molecule has 0 aromatic heterocycles. The van der Waals surface area contributed by atoms with Gasteiger partial charge >= 0.3 is 0 Å². The highest BCUT2D eigenvalue weighted by Gasteiger charge is 2.21. The lowest BCUT2D eigenvalue weighted by Crippen LogP contribution is -2.09. The van der Waals surface area contributed by atoms with Gasteiger partial charge in [-0.25, -0.2) is 0 Å². The normalized spacial score (nSPS) is 12.4. The molecule has 100 valence electrons. The topological polar surface area (TPSA) is 29.5 Å². The van der Waals surface area contributed by atoms with Crippen LogP contribution in [-0.2, 0) is 0 Å². The van der Waals surface area contributed by atoms with Crippen molar-refractivity contribution in [3.8, 4) is 11.5 Å². The number of hydrogen-bond donors (Lipinski definition) is 1. The number of phenols is 1. The summed E-state index contributed by atoms with van der Waals surface area (Å²) < 4.78 is 5.13. The molecule has 0 fully saturated rings. The average Bonchev–Trinajstić information content (AvgIpc) is 2.42. The van der Waals surface area contributed by atoms with Gasteiger partial charge in [0.05, 0.1) is 7.11 Å². The van der Waals surface area contributed by atoms with Crippen molar-refractivity contribution in [3.05, 3.63) is 59.7 Å². The highest BCUT2D eigenvalue weighted by Crippen LogP contribution is 2.34. The molecule has 1 N–H and O–H groups in total. The largest absolute Gasteiger partial charge is 0.508 e. The van der Waals surface area contributed by atoms with Crippen LogP contribution in [0.5, 0.6) is 11.5 Å². The van der Waals surface area contributed by atoms with E-state index >= 15 is 0 Å². The van der Waals surface area contributed by atoms with Crippen LogP contribution in [0.3, 0.4) is 0 Å². The number of ether oxygens (including phenoxy) is 1. The Bertz CT molecular complexity index is 521. The van der Waals surface area contributed by atoms with Crippen LogP contribution in [0, 0.1) is 0 Å². The first-order chi connectivity index (χ1) is 9.11. The van der Waals surface area contributed by atoms with Gasteiger partial charge in [0.2, 0.25) is 0 Å². The predicted octanol–water partition coefficient (Wildman–Crippen LogP) is 4.34. The number of alkyl halides is 2. The molecular weight excluding hydrogens is 283 g/mol. The molecule has 0 unspecified atom stereocenters. The van der Waals surface area contributed by atoms with E-state index in [1.54, 1.807) is 19.2 Å². The SMILES string of the molecule is COc1ccc([C@H](c2ccc(O)cc2)C(Cl)Cl)cc1. The Labute approximate surface area is 122 Å². The van der Waals surface area contributed by atoms with Gasteiger partial charge in [0.15, 0.2) is 0 Å². The van der Waals surface area contributed by atoms with Crippen molar-refractivity contribution in [1.29, 1.82) is 0 Å². The monoisotopic (exact) mass is 296 g/mol.